The number of benzene rings is 2. The molecule has 116 valence electrons. The third kappa shape index (κ3) is 4.50. The Morgan fingerprint density at radius 2 is 1.96 bits per heavy atom. The number of rotatable bonds is 5. The first-order chi connectivity index (χ1) is 11.0. The van der Waals surface area contributed by atoms with Gasteiger partial charge in [0.25, 0.3) is 5.69 Å². The molecule has 8 heteroatoms. The molecule has 7 nitrogen and oxygen atoms in total. The van der Waals surface area contributed by atoms with E-state index in [1.54, 1.807) is 6.07 Å². The van der Waals surface area contributed by atoms with Gasteiger partial charge in [-0.3, -0.25) is 14.9 Å². The van der Waals surface area contributed by atoms with Crippen molar-refractivity contribution in [2.75, 3.05) is 5.32 Å². The monoisotopic (exact) mass is 315 g/mol. The molecule has 0 fully saturated rings. The summed E-state index contributed by atoms with van der Waals surface area (Å²) in [6.45, 7) is 0. The molecule has 0 aliphatic heterocycles. The first-order valence-corrected chi connectivity index (χ1v) is 6.37. The topological polar surface area (TPSA) is 105 Å². The third-order valence-electron chi connectivity index (χ3n) is 2.67. The van der Waals surface area contributed by atoms with E-state index in [1.807, 2.05) is 0 Å². The zero-order valence-electron chi connectivity index (χ0n) is 11.7. The fourth-order valence-corrected chi connectivity index (χ4v) is 1.74. The van der Waals surface area contributed by atoms with Gasteiger partial charge in [-0.25, -0.2) is 4.39 Å². The van der Waals surface area contributed by atoms with Crippen LogP contribution in [0.25, 0.3) is 0 Å². The molecule has 0 saturated carbocycles. The predicted octanol–water partition coefficient (Wildman–Crippen LogP) is 3.38. The van der Waals surface area contributed by atoms with Gasteiger partial charge in [0.05, 0.1) is 22.7 Å². The van der Waals surface area contributed by atoms with E-state index in [9.17, 15) is 19.3 Å². The smallest absolute Gasteiger partial charge is 0.275 e. The summed E-state index contributed by atoms with van der Waals surface area (Å²) < 4.78 is 18.3. The molecule has 0 aliphatic rings. The van der Waals surface area contributed by atoms with Gasteiger partial charge in [0.2, 0.25) is 5.91 Å². The molecule has 0 atom stereocenters. The van der Waals surface area contributed by atoms with Crippen LogP contribution >= 0.6 is 0 Å². The van der Waals surface area contributed by atoms with Gasteiger partial charge in [0.1, 0.15) is 23.7 Å². The number of ether oxygens (including phenoxy) is 1. The number of hydrogen-bond donors (Lipinski definition) is 1. The molecule has 2 rings (SSSR count). The minimum absolute atomic E-state index is 0.0954. The Bertz CT molecular complexity index is 784. The number of nitrogens with zero attached hydrogens (tertiary/aromatic N) is 2. The van der Waals surface area contributed by atoms with Crippen molar-refractivity contribution in [1.29, 1.82) is 5.26 Å². The van der Waals surface area contributed by atoms with Crippen molar-refractivity contribution in [3.05, 3.63) is 58.4 Å². The molecule has 0 saturated heterocycles. The molecule has 1 amide bonds. The maximum Gasteiger partial charge on any atom is 0.275 e. The fourth-order valence-electron chi connectivity index (χ4n) is 1.74. The Hall–Kier alpha value is -3.47. The van der Waals surface area contributed by atoms with Gasteiger partial charge in [-0.2, -0.15) is 5.26 Å². The zero-order valence-corrected chi connectivity index (χ0v) is 11.7. The number of halogens is 1. The number of nitro benzene ring substituents is 1. The summed E-state index contributed by atoms with van der Waals surface area (Å²) in [7, 11) is 0. The second-order valence-electron chi connectivity index (χ2n) is 4.41. The van der Waals surface area contributed by atoms with Crippen molar-refractivity contribution < 1.29 is 18.8 Å². The maximum atomic E-state index is 12.9. The molecule has 23 heavy (non-hydrogen) atoms. The number of nitro groups is 1. The van der Waals surface area contributed by atoms with E-state index in [-0.39, 0.29) is 29.3 Å². The first-order valence-electron chi connectivity index (χ1n) is 6.37. The molecule has 0 heterocycles. The summed E-state index contributed by atoms with van der Waals surface area (Å²) >= 11 is 0. The predicted molar refractivity (Wildman–Crippen MR) is 78.4 cm³/mol. The van der Waals surface area contributed by atoms with Crippen molar-refractivity contribution in [2.24, 2.45) is 0 Å². The third-order valence-corrected chi connectivity index (χ3v) is 2.67. The van der Waals surface area contributed by atoms with Crippen LogP contribution in [0.4, 0.5) is 15.8 Å². The maximum absolute atomic E-state index is 12.9. The summed E-state index contributed by atoms with van der Waals surface area (Å²) in [5, 5.41) is 21.8. The molecule has 0 unspecified atom stereocenters. The number of carbonyl (C=O) groups excluding carboxylic acids is 1. The number of nitrogens with one attached hydrogen (secondary N) is 1. The molecule has 2 aromatic carbocycles. The lowest BCUT2D eigenvalue weighted by Crippen LogP contribution is -2.10. The first kappa shape index (κ1) is 15.9. The molecule has 0 bridgehead atoms. The van der Waals surface area contributed by atoms with Crippen LogP contribution in [0, 0.1) is 27.3 Å². The van der Waals surface area contributed by atoms with Crippen LogP contribution in [0.3, 0.4) is 0 Å². The van der Waals surface area contributed by atoms with Gasteiger partial charge in [0, 0.05) is 12.1 Å². The Kier molecular flexibility index (Phi) is 4.84. The molecular formula is C15H10FN3O4. The lowest BCUT2D eigenvalue weighted by atomic mass is 10.2. The number of carbonyl (C=O) groups is 1. The van der Waals surface area contributed by atoms with Crippen LogP contribution in [-0.4, -0.2) is 10.8 Å². The number of amides is 1. The highest BCUT2D eigenvalue weighted by atomic mass is 19.1. The summed E-state index contributed by atoms with van der Waals surface area (Å²) in [5.41, 5.74) is -0.173. The van der Waals surface area contributed by atoms with Crippen LogP contribution in [-0.2, 0) is 4.79 Å². The van der Waals surface area contributed by atoms with Crippen molar-refractivity contribution in [1.82, 2.24) is 0 Å². The lowest BCUT2D eigenvalue weighted by Gasteiger charge is -2.08. The van der Waals surface area contributed by atoms with Crippen molar-refractivity contribution in [3.63, 3.8) is 0 Å². The molecule has 0 aliphatic carbocycles. The van der Waals surface area contributed by atoms with Crippen molar-refractivity contribution in [3.8, 4) is 17.6 Å². The van der Waals surface area contributed by atoms with Crippen LogP contribution in [0.2, 0.25) is 0 Å². The summed E-state index contributed by atoms with van der Waals surface area (Å²) in [6.07, 6.45) is -0.378. The Balaban J connectivity index is 2.29. The summed E-state index contributed by atoms with van der Waals surface area (Å²) in [5.74, 6) is -0.666. The lowest BCUT2D eigenvalue weighted by molar-refractivity contribution is -0.384. The average molecular weight is 315 g/mol. The Morgan fingerprint density at radius 3 is 2.57 bits per heavy atom. The van der Waals surface area contributed by atoms with Crippen LogP contribution in [0.5, 0.6) is 11.5 Å². The second kappa shape index (κ2) is 7.00. The van der Waals surface area contributed by atoms with E-state index in [2.05, 4.69) is 5.32 Å². The number of hydrogen-bond acceptors (Lipinski definition) is 5. The van der Waals surface area contributed by atoms with Crippen molar-refractivity contribution in [2.45, 2.75) is 6.42 Å². The normalized spacial score (nSPS) is 9.74. The Morgan fingerprint density at radius 1 is 1.26 bits per heavy atom. The van der Waals surface area contributed by atoms with Gasteiger partial charge in [-0.15, -0.1) is 0 Å². The van der Waals surface area contributed by atoms with E-state index < -0.39 is 16.6 Å². The standard InChI is InChI=1S/C15H10FN3O4/c16-10-1-3-13(4-2-10)23-14-8-11(18-15(20)5-6-17)7-12(9-14)19(21)22/h1-4,7-9H,5H2,(H,18,20). The number of anilines is 1. The SMILES string of the molecule is N#CCC(=O)Nc1cc(Oc2ccc(F)cc2)cc([N+](=O)[O-])c1. The van der Waals surface area contributed by atoms with E-state index in [4.69, 9.17) is 10.00 Å². The van der Waals surface area contributed by atoms with Gasteiger partial charge in [-0.05, 0) is 24.3 Å². The minimum Gasteiger partial charge on any atom is -0.457 e. The molecule has 0 aromatic heterocycles. The largest absolute Gasteiger partial charge is 0.457 e. The highest BCUT2D eigenvalue weighted by molar-refractivity contribution is 5.92. The van der Waals surface area contributed by atoms with Crippen LogP contribution in [0.1, 0.15) is 6.42 Å². The zero-order chi connectivity index (χ0) is 16.8. The Labute approximate surface area is 130 Å². The number of non-ortho nitro benzene ring substituents is 1. The molecule has 0 radical (unpaired) electrons. The summed E-state index contributed by atoms with van der Waals surface area (Å²) in [6, 6.07) is 10.4. The van der Waals surface area contributed by atoms with E-state index in [1.165, 1.54) is 36.4 Å². The quantitative estimate of drug-likeness (QED) is 0.672. The van der Waals surface area contributed by atoms with Gasteiger partial charge < -0.3 is 10.1 Å². The van der Waals surface area contributed by atoms with Crippen LogP contribution in [0.15, 0.2) is 42.5 Å². The molecule has 2 aromatic rings. The van der Waals surface area contributed by atoms with Crippen LogP contribution < -0.4 is 10.1 Å². The fraction of sp³-hybridized carbons (Fsp3) is 0.0667. The minimum atomic E-state index is -0.641. The van der Waals surface area contributed by atoms with E-state index in [0.29, 0.717) is 0 Å². The second-order valence-corrected chi connectivity index (χ2v) is 4.41. The average Bonchev–Trinajstić information content (AvgIpc) is 2.49. The highest BCUT2D eigenvalue weighted by Gasteiger charge is 2.13. The van der Waals surface area contributed by atoms with Gasteiger partial charge >= 0.3 is 0 Å². The highest BCUT2D eigenvalue weighted by Crippen LogP contribution is 2.29. The molecule has 0 spiro atoms. The molecular weight excluding hydrogens is 305 g/mol. The van der Waals surface area contributed by atoms with Crippen molar-refractivity contribution >= 4 is 17.3 Å². The van der Waals surface area contributed by atoms with Gasteiger partial charge in [0.15, 0.2) is 0 Å². The molecule has 1 N–H and O–H groups in total. The van der Waals surface area contributed by atoms with Gasteiger partial charge in [-0.1, -0.05) is 0 Å². The van der Waals surface area contributed by atoms with E-state index >= 15 is 0 Å². The van der Waals surface area contributed by atoms with E-state index in [0.717, 1.165) is 6.07 Å². The summed E-state index contributed by atoms with van der Waals surface area (Å²) in [4.78, 5) is 21.7. The number of nitriles is 1.